The molecule has 0 aliphatic rings. The number of carbonyl (C=O) groups is 3. The maximum Gasteiger partial charge on any atom is 0.240 e. The number of hydrogen-bond donors (Lipinski definition) is 2. The van der Waals surface area contributed by atoms with Crippen LogP contribution >= 0.6 is 0 Å². The predicted molar refractivity (Wildman–Crippen MR) is 65.1 cm³/mol. The highest BCUT2D eigenvalue weighted by molar-refractivity contribution is 5.87. The normalized spacial score (nSPS) is 12.2. The molecule has 0 spiro atoms. The van der Waals surface area contributed by atoms with E-state index in [2.05, 4.69) is 5.32 Å². The van der Waals surface area contributed by atoms with Gasteiger partial charge in [-0.2, -0.15) is 0 Å². The van der Waals surface area contributed by atoms with Gasteiger partial charge in [-0.1, -0.05) is 20.8 Å². The van der Waals surface area contributed by atoms with Crippen molar-refractivity contribution < 1.29 is 14.4 Å². The maximum atomic E-state index is 11.5. The summed E-state index contributed by atoms with van der Waals surface area (Å²) in [6.45, 7) is 5.60. The topological polar surface area (TPSA) is 89.3 Å². The quantitative estimate of drug-likeness (QED) is 0.658. The summed E-state index contributed by atoms with van der Waals surface area (Å²) in [6, 6.07) is -0.739. The fraction of sp³-hybridized carbons (Fsp3) is 0.750. The molecule has 3 N–H and O–H groups in total. The number of rotatable bonds is 8. The Morgan fingerprint density at radius 1 is 1.24 bits per heavy atom. The molecule has 0 aromatic heterocycles. The predicted octanol–water partition coefficient (Wildman–Crippen LogP) is 0.762. The third-order valence-corrected chi connectivity index (χ3v) is 2.38. The minimum absolute atomic E-state index is 0.0642. The molecule has 0 saturated carbocycles. The van der Waals surface area contributed by atoms with Crippen LogP contribution in [0, 0.1) is 5.92 Å². The lowest BCUT2D eigenvalue weighted by Crippen LogP contribution is -2.44. The molecule has 0 aromatic rings. The van der Waals surface area contributed by atoms with E-state index in [1.54, 1.807) is 6.92 Å². The first kappa shape index (κ1) is 15.6. The molecule has 0 unspecified atom stereocenters. The molecule has 98 valence electrons. The summed E-state index contributed by atoms with van der Waals surface area (Å²) in [5, 5.41) is 2.56. The number of ketones is 1. The van der Waals surface area contributed by atoms with Crippen molar-refractivity contribution in [3.63, 3.8) is 0 Å². The van der Waals surface area contributed by atoms with Gasteiger partial charge in [0.1, 0.15) is 11.8 Å². The zero-order valence-corrected chi connectivity index (χ0v) is 10.8. The number of hydrogen-bond acceptors (Lipinski definition) is 3. The van der Waals surface area contributed by atoms with Gasteiger partial charge in [0.25, 0.3) is 0 Å². The molecule has 0 rings (SSSR count). The van der Waals surface area contributed by atoms with Crippen molar-refractivity contribution in [2.45, 2.75) is 52.5 Å². The van der Waals surface area contributed by atoms with Gasteiger partial charge in [-0.05, 0) is 12.3 Å². The van der Waals surface area contributed by atoms with Crippen molar-refractivity contribution in [3.05, 3.63) is 0 Å². The van der Waals surface area contributed by atoms with Crippen molar-refractivity contribution in [1.29, 1.82) is 0 Å². The summed E-state index contributed by atoms with van der Waals surface area (Å²) in [7, 11) is 0. The molecule has 0 aromatic carbocycles. The van der Waals surface area contributed by atoms with Gasteiger partial charge >= 0.3 is 0 Å². The number of amides is 2. The number of carbonyl (C=O) groups excluding carboxylic acids is 3. The van der Waals surface area contributed by atoms with Crippen molar-refractivity contribution in [2.75, 3.05) is 0 Å². The van der Waals surface area contributed by atoms with Crippen LogP contribution in [-0.2, 0) is 14.4 Å². The lowest BCUT2D eigenvalue weighted by atomic mass is 10.1. The fourth-order valence-corrected chi connectivity index (χ4v) is 1.39. The van der Waals surface area contributed by atoms with E-state index in [-0.39, 0.29) is 30.4 Å². The van der Waals surface area contributed by atoms with E-state index >= 15 is 0 Å². The van der Waals surface area contributed by atoms with E-state index < -0.39 is 11.9 Å². The van der Waals surface area contributed by atoms with Crippen LogP contribution < -0.4 is 11.1 Å². The van der Waals surface area contributed by atoms with Gasteiger partial charge in [0.15, 0.2) is 0 Å². The Kier molecular flexibility index (Phi) is 7.18. The zero-order valence-electron chi connectivity index (χ0n) is 10.8. The first-order valence-corrected chi connectivity index (χ1v) is 5.97. The molecule has 17 heavy (non-hydrogen) atoms. The molecular formula is C12H22N2O3. The Labute approximate surface area is 102 Å². The smallest absolute Gasteiger partial charge is 0.240 e. The van der Waals surface area contributed by atoms with Crippen LogP contribution in [0.15, 0.2) is 0 Å². The second kappa shape index (κ2) is 7.81. The molecule has 0 aliphatic carbocycles. The third-order valence-electron chi connectivity index (χ3n) is 2.38. The number of nitrogens with one attached hydrogen (secondary N) is 1. The number of primary amides is 1. The van der Waals surface area contributed by atoms with E-state index in [1.165, 1.54) is 0 Å². The second-order valence-corrected chi connectivity index (χ2v) is 4.55. The molecule has 2 amide bonds. The van der Waals surface area contributed by atoms with E-state index in [4.69, 9.17) is 5.73 Å². The molecule has 0 fully saturated rings. The van der Waals surface area contributed by atoms with Crippen LogP contribution in [0.4, 0.5) is 0 Å². The molecule has 0 saturated heterocycles. The molecule has 0 heterocycles. The summed E-state index contributed by atoms with van der Waals surface area (Å²) in [4.78, 5) is 33.7. The van der Waals surface area contributed by atoms with E-state index in [1.807, 2.05) is 13.8 Å². The van der Waals surface area contributed by atoms with Gasteiger partial charge in [-0.3, -0.25) is 14.4 Å². The van der Waals surface area contributed by atoms with Crippen LogP contribution in [0.3, 0.4) is 0 Å². The van der Waals surface area contributed by atoms with Gasteiger partial charge in [0.05, 0.1) is 0 Å². The van der Waals surface area contributed by atoms with Crippen LogP contribution in [0.5, 0.6) is 0 Å². The first-order chi connectivity index (χ1) is 7.86. The van der Waals surface area contributed by atoms with Gasteiger partial charge in [-0.15, -0.1) is 0 Å². The van der Waals surface area contributed by atoms with E-state index in [0.29, 0.717) is 12.8 Å². The SMILES string of the molecule is CCC(=O)CC[C@@H](NC(=O)CC(C)C)C(N)=O. The standard InChI is InChI=1S/C12H22N2O3/c1-4-9(15)5-6-10(12(13)17)14-11(16)7-8(2)3/h8,10H,4-7H2,1-3H3,(H2,13,17)(H,14,16)/t10-/m1/s1. The zero-order chi connectivity index (χ0) is 13.4. The molecular weight excluding hydrogens is 220 g/mol. The van der Waals surface area contributed by atoms with Crippen molar-refractivity contribution in [1.82, 2.24) is 5.32 Å². The van der Waals surface area contributed by atoms with Crippen molar-refractivity contribution >= 4 is 17.6 Å². The molecule has 5 nitrogen and oxygen atoms in total. The molecule has 0 bridgehead atoms. The highest BCUT2D eigenvalue weighted by atomic mass is 16.2. The molecule has 1 atom stereocenters. The lowest BCUT2D eigenvalue weighted by molar-refractivity contribution is -0.128. The summed E-state index contributed by atoms with van der Waals surface area (Å²) in [6.07, 6.45) is 1.34. The monoisotopic (exact) mass is 242 g/mol. The minimum atomic E-state index is -0.739. The van der Waals surface area contributed by atoms with Crippen LogP contribution in [0.2, 0.25) is 0 Å². The van der Waals surface area contributed by atoms with Gasteiger partial charge < -0.3 is 11.1 Å². The first-order valence-electron chi connectivity index (χ1n) is 5.97. The third kappa shape index (κ3) is 7.49. The summed E-state index contributed by atoms with van der Waals surface area (Å²) < 4.78 is 0. The summed E-state index contributed by atoms with van der Waals surface area (Å²) in [5.41, 5.74) is 5.18. The lowest BCUT2D eigenvalue weighted by Gasteiger charge is -2.15. The van der Waals surface area contributed by atoms with Crippen LogP contribution in [0.25, 0.3) is 0 Å². The van der Waals surface area contributed by atoms with E-state index in [0.717, 1.165) is 0 Å². The fourth-order valence-electron chi connectivity index (χ4n) is 1.39. The number of nitrogens with two attached hydrogens (primary N) is 1. The summed E-state index contributed by atoms with van der Waals surface area (Å²) >= 11 is 0. The molecule has 0 aliphatic heterocycles. The maximum absolute atomic E-state index is 11.5. The Morgan fingerprint density at radius 2 is 1.82 bits per heavy atom. The Bertz CT molecular complexity index is 287. The largest absolute Gasteiger partial charge is 0.368 e. The van der Waals surface area contributed by atoms with Gasteiger partial charge in [0.2, 0.25) is 11.8 Å². The molecule has 5 heteroatoms. The average molecular weight is 242 g/mol. The average Bonchev–Trinajstić information content (AvgIpc) is 2.22. The second-order valence-electron chi connectivity index (χ2n) is 4.55. The highest BCUT2D eigenvalue weighted by Gasteiger charge is 2.19. The summed E-state index contributed by atoms with van der Waals surface area (Å²) in [5.74, 6) is -0.506. The Balaban J connectivity index is 4.20. The van der Waals surface area contributed by atoms with Crippen LogP contribution in [0.1, 0.15) is 46.5 Å². The molecule has 0 radical (unpaired) electrons. The van der Waals surface area contributed by atoms with Crippen molar-refractivity contribution in [2.24, 2.45) is 11.7 Å². The number of Topliss-reactive ketones (excluding diaryl/α,β-unsaturated/α-hetero) is 1. The van der Waals surface area contributed by atoms with Crippen LogP contribution in [-0.4, -0.2) is 23.6 Å². The Hall–Kier alpha value is -1.39. The highest BCUT2D eigenvalue weighted by Crippen LogP contribution is 2.03. The minimum Gasteiger partial charge on any atom is -0.368 e. The van der Waals surface area contributed by atoms with E-state index in [9.17, 15) is 14.4 Å². The van der Waals surface area contributed by atoms with Gasteiger partial charge in [-0.25, -0.2) is 0 Å². The Morgan fingerprint density at radius 3 is 2.24 bits per heavy atom. The van der Waals surface area contributed by atoms with Crippen molar-refractivity contribution in [3.8, 4) is 0 Å². The van der Waals surface area contributed by atoms with Gasteiger partial charge in [0, 0.05) is 19.3 Å².